The summed E-state index contributed by atoms with van der Waals surface area (Å²) < 4.78 is 5.92. The molecule has 0 saturated heterocycles. The summed E-state index contributed by atoms with van der Waals surface area (Å²) in [6.07, 6.45) is 8.44. The van der Waals surface area contributed by atoms with E-state index in [0.717, 1.165) is 42.6 Å². The van der Waals surface area contributed by atoms with Gasteiger partial charge in [0.1, 0.15) is 5.76 Å². The van der Waals surface area contributed by atoms with Crippen LogP contribution in [0, 0.1) is 5.92 Å². The van der Waals surface area contributed by atoms with Crippen LogP contribution in [0.2, 0.25) is 0 Å². The minimum absolute atomic E-state index is 0.122. The lowest BCUT2D eigenvalue weighted by Crippen LogP contribution is -2.31. The number of hydrogen-bond acceptors (Lipinski definition) is 2. The van der Waals surface area contributed by atoms with Gasteiger partial charge < -0.3 is 4.74 Å². The first-order valence-electron chi connectivity index (χ1n) is 9.04. The highest BCUT2D eigenvalue weighted by Crippen LogP contribution is 2.45. The maximum atomic E-state index is 13.0. The summed E-state index contributed by atoms with van der Waals surface area (Å²) >= 11 is 0. The Balaban J connectivity index is 1.83. The molecule has 0 spiro atoms. The second kappa shape index (κ2) is 7.10. The van der Waals surface area contributed by atoms with Gasteiger partial charge in [0.2, 0.25) is 0 Å². The lowest BCUT2D eigenvalue weighted by molar-refractivity contribution is -0.140. The first-order valence-corrected chi connectivity index (χ1v) is 9.04. The highest BCUT2D eigenvalue weighted by Gasteiger charge is 2.40. The topological polar surface area (TPSA) is 26.3 Å². The Morgan fingerprint density at radius 2 is 1.52 bits per heavy atom. The normalized spacial score (nSPS) is 23.4. The molecule has 2 heteroatoms. The van der Waals surface area contributed by atoms with Gasteiger partial charge in [-0.3, -0.25) is 4.79 Å². The minimum atomic E-state index is -0.199. The van der Waals surface area contributed by atoms with Crippen molar-refractivity contribution in [2.24, 2.45) is 5.92 Å². The lowest BCUT2D eigenvalue weighted by atomic mass is 9.74. The van der Waals surface area contributed by atoms with E-state index in [9.17, 15) is 4.79 Å². The van der Waals surface area contributed by atoms with Gasteiger partial charge in [0.05, 0.1) is 5.92 Å². The van der Waals surface area contributed by atoms with Crippen molar-refractivity contribution in [3.05, 3.63) is 89.5 Å². The molecule has 0 bridgehead atoms. The Bertz CT molecular complexity index is 803. The first-order chi connectivity index (χ1) is 12.3. The van der Waals surface area contributed by atoms with E-state index in [2.05, 4.69) is 12.2 Å². The summed E-state index contributed by atoms with van der Waals surface area (Å²) in [6.45, 7) is 0. The zero-order chi connectivity index (χ0) is 17.1. The zero-order valence-electron chi connectivity index (χ0n) is 14.2. The highest BCUT2D eigenvalue weighted by molar-refractivity contribution is 5.88. The fourth-order valence-electron chi connectivity index (χ4n) is 4.02. The third-order valence-electron chi connectivity index (χ3n) is 5.18. The number of fused-ring (bicyclic) bond motifs is 1. The molecule has 1 aliphatic heterocycles. The predicted molar refractivity (Wildman–Crippen MR) is 99.7 cm³/mol. The van der Waals surface area contributed by atoms with E-state index in [1.807, 2.05) is 60.7 Å². The summed E-state index contributed by atoms with van der Waals surface area (Å²) in [5.41, 5.74) is 3.36. The number of benzene rings is 2. The van der Waals surface area contributed by atoms with E-state index in [0.29, 0.717) is 0 Å². The summed E-state index contributed by atoms with van der Waals surface area (Å²) in [7, 11) is 0. The summed E-state index contributed by atoms with van der Waals surface area (Å²) in [4.78, 5) is 13.0. The second-order valence-corrected chi connectivity index (χ2v) is 6.72. The fourth-order valence-corrected chi connectivity index (χ4v) is 4.02. The molecule has 2 atom stereocenters. The Morgan fingerprint density at radius 3 is 2.28 bits per heavy atom. The molecule has 2 aromatic rings. The molecule has 2 aromatic carbocycles. The molecular weight excluding hydrogens is 308 g/mol. The predicted octanol–water partition coefficient (Wildman–Crippen LogP) is 5.48. The molecule has 1 heterocycles. The van der Waals surface area contributed by atoms with Gasteiger partial charge in [-0.1, -0.05) is 72.8 Å². The maximum absolute atomic E-state index is 13.0. The van der Waals surface area contributed by atoms with Crippen LogP contribution in [0.25, 0.3) is 5.76 Å². The molecule has 0 saturated carbocycles. The average molecular weight is 330 g/mol. The summed E-state index contributed by atoms with van der Waals surface area (Å²) in [5.74, 6) is 0.681. The standard InChI is InChI=1S/C23H22O2/c24-23-21(17-11-5-3-6-12-17)19-15-9-1-2-10-16-20(19)22(25-23)18-13-7-4-8-14-18/h1-8,11-14,19,21H,9-10,15-16H2/t19-,21-/m0/s1. The van der Waals surface area contributed by atoms with Crippen molar-refractivity contribution in [2.75, 3.05) is 0 Å². The van der Waals surface area contributed by atoms with Crippen LogP contribution in [0.5, 0.6) is 0 Å². The van der Waals surface area contributed by atoms with E-state index in [1.54, 1.807) is 0 Å². The molecule has 0 aromatic heterocycles. The zero-order valence-corrected chi connectivity index (χ0v) is 14.2. The van der Waals surface area contributed by atoms with Crippen molar-refractivity contribution >= 4 is 11.7 Å². The van der Waals surface area contributed by atoms with Crippen molar-refractivity contribution < 1.29 is 9.53 Å². The van der Waals surface area contributed by atoms with E-state index in [4.69, 9.17) is 4.74 Å². The molecule has 0 amide bonds. The van der Waals surface area contributed by atoms with Gasteiger partial charge >= 0.3 is 5.97 Å². The van der Waals surface area contributed by atoms with Crippen LogP contribution in [0.3, 0.4) is 0 Å². The van der Waals surface area contributed by atoms with Crippen LogP contribution >= 0.6 is 0 Å². The van der Waals surface area contributed by atoms with Gasteiger partial charge in [0.25, 0.3) is 0 Å². The van der Waals surface area contributed by atoms with Crippen molar-refractivity contribution in [3.63, 3.8) is 0 Å². The molecule has 25 heavy (non-hydrogen) atoms. The Hall–Kier alpha value is -2.61. The summed E-state index contributed by atoms with van der Waals surface area (Å²) in [6, 6.07) is 20.1. The third-order valence-corrected chi connectivity index (χ3v) is 5.18. The number of cyclic esters (lactones) is 1. The molecule has 1 aliphatic carbocycles. The van der Waals surface area contributed by atoms with Crippen molar-refractivity contribution in [2.45, 2.75) is 31.6 Å². The number of allylic oxidation sites excluding steroid dienone is 3. The van der Waals surface area contributed by atoms with Crippen LogP contribution in [-0.4, -0.2) is 5.97 Å². The smallest absolute Gasteiger partial charge is 0.319 e. The molecule has 0 unspecified atom stereocenters. The van der Waals surface area contributed by atoms with E-state index < -0.39 is 0 Å². The van der Waals surface area contributed by atoms with E-state index in [-0.39, 0.29) is 17.8 Å². The van der Waals surface area contributed by atoms with E-state index in [1.165, 1.54) is 5.57 Å². The third kappa shape index (κ3) is 3.17. The van der Waals surface area contributed by atoms with Gasteiger partial charge in [-0.15, -0.1) is 0 Å². The lowest BCUT2D eigenvalue weighted by Gasteiger charge is -2.35. The Labute approximate surface area is 148 Å². The van der Waals surface area contributed by atoms with E-state index >= 15 is 0 Å². The van der Waals surface area contributed by atoms with Crippen molar-refractivity contribution in [1.29, 1.82) is 0 Å². The van der Waals surface area contributed by atoms with Crippen molar-refractivity contribution in [1.82, 2.24) is 0 Å². The molecular formula is C23H22O2. The number of carbonyl (C=O) groups is 1. The monoisotopic (exact) mass is 330 g/mol. The molecule has 4 rings (SSSR count). The molecule has 0 N–H and O–H groups in total. The van der Waals surface area contributed by atoms with Crippen LogP contribution < -0.4 is 0 Å². The molecule has 0 fully saturated rings. The number of ether oxygens (including phenoxy) is 1. The number of esters is 1. The highest BCUT2D eigenvalue weighted by atomic mass is 16.5. The summed E-state index contributed by atoms with van der Waals surface area (Å²) in [5, 5.41) is 0. The Kier molecular flexibility index (Phi) is 4.51. The van der Waals surface area contributed by atoms with Gasteiger partial charge in [-0.2, -0.15) is 0 Å². The number of rotatable bonds is 2. The van der Waals surface area contributed by atoms with Crippen LogP contribution in [0.15, 0.2) is 78.4 Å². The largest absolute Gasteiger partial charge is 0.425 e. The number of hydrogen-bond donors (Lipinski definition) is 0. The Morgan fingerprint density at radius 1 is 0.840 bits per heavy atom. The quantitative estimate of drug-likeness (QED) is 0.538. The second-order valence-electron chi connectivity index (χ2n) is 6.72. The number of carbonyl (C=O) groups excluding carboxylic acids is 1. The van der Waals surface area contributed by atoms with Crippen LogP contribution in [-0.2, 0) is 9.53 Å². The maximum Gasteiger partial charge on any atom is 0.319 e. The van der Waals surface area contributed by atoms with Crippen LogP contribution in [0.1, 0.15) is 42.7 Å². The fraction of sp³-hybridized carbons (Fsp3) is 0.261. The van der Waals surface area contributed by atoms with Crippen molar-refractivity contribution in [3.8, 4) is 0 Å². The average Bonchev–Trinajstić information content (AvgIpc) is 2.64. The van der Waals surface area contributed by atoms with Crippen LogP contribution in [0.4, 0.5) is 0 Å². The first kappa shape index (κ1) is 15.9. The van der Waals surface area contributed by atoms with Gasteiger partial charge in [-0.25, -0.2) is 0 Å². The molecule has 0 radical (unpaired) electrons. The molecule has 2 nitrogen and oxygen atoms in total. The molecule has 2 aliphatic rings. The minimum Gasteiger partial charge on any atom is -0.425 e. The van der Waals surface area contributed by atoms with Gasteiger partial charge in [-0.05, 0) is 36.8 Å². The van der Waals surface area contributed by atoms with Gasteiger partial charge in [0.15, 0.2) is 0 Å². The molecule has 126 valence electrons. The SMILES string of the molecule is O=C1OC(c2ccccc2)=C2CCC=CCC[C@@H]2[C@@H]1c1ccccc1. The van der Waals surface area contributed by atoms with Gasteiger partial charge in [0, 0.05) is 11.5 Å².